The monoisotopic (exact) mass is 299 g/mol. The summed E-state index contributed by atoms with van der Waals surface area (Å²) in [5, 5.41) is 6.55. The first-order valence-electron chi connectivity index (χ1n) is 8.57. The van der Waals surface area contributed by atoms with Crippen molar-refractivity contribution in [3.05, 3.63) is 29.3 Å². The fourth-order valence-electron chi connectivity index (χ4n) is 4.36. The number of aryl methyl sites for hydroxylation is 2. The maximum atomic E-state index is 12.3. The van der Waals surface area contributed by atoms with Gasteiger partial charge in [-0.3, -0.25) is 9.69 Å². The second-order valence-corrected chi connectivity index (χ2v) is 7.27. The fourth-order valence-corrected chi connectivity index (χ4v) is 4.36. The molecule has 1 amide bonds. The molecule has 118 valence electrons. The molecule has 0 saturated carbocycles. The molecule has 4 rings (SSSR count). The molecule has 2 saturated heterocycles. The second kappa shape index (κ2) is 5.67. The molecular weight excluding hydrogens is 274 g/mol. The number of fused-ring (bicyclic) bond motifs is 1. The summed E-state index contributed by atoms with van der Waals surface area (Å²) >= 11 is 0. The zero-order valence-electron chi connectivity index (χ0n) is 13.2. The first-order chi connectivity index (χ1) is 10.7. The molecule has 1 aromatic rings. The van der Waals surface area contributed by atoms with Crippen molar-refractivity contribution in [1.82, 2.24) is 10.2 Å². The van der Waals surface area contributed by atoms with Gasteiger partial charge < -0.3 is 10.6 Å². The lowest BCUT2D eigenvalue weighted by Crippen LogP contribution is -2.34. The second-order valence-electron chi connectivity index (χ2n) is 7.27. The molecule has 1 atom stereocenters. The van der Waals surface area contributed by atoms with Crippen LogP contribution in [0.2, 0.25) is 0 Å². The number of benzene rings is 1. The predicted octanol–water partition coefficient (Wildman–Crippen LogP) is 1.80. The minimum Gasteiger partial charge on any atom is -0.325 e. The van der Waals surface area contributed by atoms with Gasteiger partial charge in [-0.1, -0.05) is 6.07 Å². The Kier molecular flexibility index (Phi) is 3.66. The van der Waals surface area contributed by atoms with E-state index in [0.29, 0.717) is 12.0 Å². The molecule has 0 bridgehead atoms. The first kappa shape index (κ1) is 14.2. The van der Waals surface area contributed by atoms with Crippen LogP contribution in [0.4, 0.5) is 5.69 Å². The Labute approximate surface area is 132 Å². The highest BCUT2D eigenvalue weighted by Gasteiger charge is 2.40. The van der Waals surface area contributed by atoms with Crippen LogP contribution < -0.4 is 10.6 Å². The molecule has 2 fully saturated rings. The molecule has 1 aliphatic carbocycles. The summed E-state index contributed by atoms with van der Waals surface area (Å²) in [6.45, 7) is 4.90. The molecule has 1 aromatic carbocycles. The van der Waals surface area contributed by atoms with Crippen LogP contribution in [-0.2, 0) is 17.6 Å². The van der Waals surface area contributed by atoms with Crippen LogP contribution in [0.5, 0.6) is 0 Å². The number of carbonyl (C=O) groups excluding carboxylic acids is 1. The van der Waals surface area contributed by atoms with Gasteiger partial charge in [-0.2, -0.15) is 0 Å². The van der Waals surface area contributed by atoms with E-state index in [2.05, 4.69) is 33.7 Å². The van der Waals surface area contributed by atoms with Crippen LogP contribution in [0.3, 0.4) is 0 Å². The zero-order valence-corrected chi connectivity index (χ0v) is 13.2. The third-order valence-corrected chi connectivity index (χ3v) is 5.60. The Morgan fingerprint density at radius 1 is 1.27 bits per heavy atom. The molecular formula is C18H25N3O. The van der Waals surface area contributed by atoms with Gasteiger partial charge in [0.1, 0.15) is 0 Å². The highest BCUT2D eigenvalue weighted by Crippen LogP contribution is 2.35. The van der Waals surface area contributed by atoms with Gasteiger partial charge in [-0.05, 0) is 73.9 Å². The zero-order chi connectivity index (χ0) is 15.0. The molecule has 3 aliphatic rings. The maximum absolute atomic E-state index is 12.3. The van der Waals surface area contributed by atoms with Gasteiger partial charge in [-0.25, -0.2) is 0 Å². The van der Waals surface area contributed by atoms with E-state index in [9.17, 15) is 4.79 Å². The number of nitrogens with one attached hydrogen (secondary N) is 2. The third kappa shape index (κ3) is 2.77. The highest BCUT2D eigenvalue weighted by molar-refractivity contribution is 5.92. The van der Waals surface area contributed by atoms with E-state index in [1.807, 2.05) is 0 Å². The topological polar surface area (TPSA) is 44.4 Å². The first-order valence-corrected chi connectivity index (χ1v) is 8.57. The lowest BCUT2D eigenvalue weighted by Gasteiger charge is -2.22. The molecule has 2 aliphatic heterocycles. The lowest BCUT2D eigenvalue weighted by molar-refractivity contribution is -0.117. The maximum Gasteiger partial charge on any atom is 0.238 e. The Balaban J connectivity index is 1.33. The molecule has 1 spiro atoms. The van der Waals surface area contributed by atoms with Gasteiger partial charge >= 0.3 is 0 Å². The molecule has 0 aromatic heterocycles. The Bertz CT molecular complexity index is 578. The normalized spacial score (nSPS) is 27.5. The van der Waals surface area contributed by atoms with E-state index in [1.165, 1.54) is 36.8 Å². The number of anilines is 1. The Morgan fingerprint density at radius 2 is 2.18 bits per heavy atom. The van der Waals surface area contributed by atoms with Gasteiger partial charge in [0, 0.05) is 18.8 Å². The minimum atomic E-state index is 0.126. The van der Waals surface area contributed by atoms with E-state index in [0.717, 1.165) is 38.3 Å². The smallest absolute Gasteiger partial charge is 0.238 e. The number of nitrogens with zero attached hydrogens (tertiary/aromatic N) is 1. The highest BCUT2D eigenvalue weighted by atomic mass is 16.2. The summed E-state index contributed by atoms with van der Waals surface area (Å²) in [4.78, 5) is 14.6. The molecule has 4 heteroatoms. The summed E-state index contributed by atoms with van der Waals surface area (Å²) in [7, 11) is 0. The van der Waals surface area contributed by atoms with Gasteiger partial charge in [0.05, 0.1) is 6.54 Å². The number of hydrogen-bond donors (Lipinski definition) is 2. The van der Waals surface area contributed by atoms with Crippen molar-refractivity contribution in [2.45, 2.75) is 32.1 Å². The van der Waals surface area contributed by atoms with Crippen molar-refractivity contribution in [2.75, 3.05) is 38.0 Å². The van der Waals surface area contributed by atoms with Crippen molar-refractivity contribution in [2.24, 2.45) is 5.41 Å². The van der Waals surface area contributed by atoms with Crippen molar-refractivity contribution in [3.8, 4) is 0 Å². The number of likely N-dealkylation sites (tertiary alicyclic amines) is 1. The predicted molar refractivity (Wildman–Crippen MR) is 88.1 cm³/mol. The Hall–Kier alpha value is -1.39. The quantitative estimate of drug-likeness (QED) is 0.894. The standard InChI is InChI=1S/C18H25N3O/c22-17(11-21-9-7-18(13-21)6-8-19-12-18)20-16-5-4-14-2-1-3-15(14)10-16/h4-5,10,19H,1-3,6-9,11-13H2,(H,20,22). The van der Waals surface area contributed by atoms with Crippen LogP contribution in [0.25, 0.3) is 0 Å². The van der Waals surface area contributed by atoms with Crippen molar-refractivity contribution >= 4 is 11.6 Å². The molecule has 22 heavy (non-hydrogen) atoms. The molecule has 1 unspecified atom stereocenters. The summed E-state index contributed by atoms with van der Waals surface area (Å²) in [5.74, 6) is 0.126. The van der Waals surface area contributed by atoms with E-state index < -0.39 is 0 Å². The van der Waals surface area contributed by atoms with Crippen molar-refractivity contribution in [1.29, 1.82) is 0 Å². The molecule has 2 heterocycles. The molecule has 4 nitrogen and oxygen atoms in total. The van der Waals surface area contributed by atoms with E-state index in [-0.39, 0.29) is 5.91 Å². The van der Waals surface area contributed by atoms with Gasteiger partial charge in [0.25, 0.3) is 0 Å². The lowest BCUT2D eigenvalue weighted by atomic mass is 9.87. The van der Waals surface area contributed by atoms with Crippen LogP contribution in [0, 0.1) is 5.41 Å². The van der Waals surface area contributed by atoms with Crippen LogP contribution in [0.1, 0.15) is 30.4 Å². The number of amides is 1. The fraction of sp³-hybridized carbons (Fsp3) is 0.611. The summed E-state index contributed by atoms with van der Waals surface area (Å²) < 4.78 is 0. The average Bonchev–Trinajstić information content (AvgIpc) is 3.21. The molecule has 2 N–H and O–H groups in total. The van der Waals surface area contributed by atoms with Crippen molar-refractivity contribution < 1.29 is 4.79 Å². The number of carbonyl (C=O) groups is 1. The van der Waals surface area contributed by atoms with E-state index >= 15 is 0 Å². The Morgan fingerprint density at radius 3 is 3.05 bits per heavy atom. The van der Waals surface area contributed by atoms with Crippen LogP contribution in [-0.4, -0.2) is 43.5 Å². The number of hydrogen-bond acceptors (Lipinski definition) is 3. The SMILES string of the molecule is O=C(CN1CCC2(CCNC2)C1)Nc1ccc2c(c1)CCC2. The minimum absolute atomic E-state index is 0.126. The number of rotatable bonds is 3. The van der Waals surface area contributed by atoms with Gasteiger partial charge in [-0.15, -0.1) is 0 Å². The summed E-state index contributed by atoms with van der Waals surface area (Å²) in [6, 6.07) is 6.38. The average molecular weight is 299 g/mol. The molecule has 0 radical (unpaired) electrons. The third-order valence-electron chi connectivity index (χ3n) is 5.60. The van der Waals surface area contributed by atoms with Gasteiger partial charge in [0.2, 0.25) is 5.91 Å². The summed E-state index contributed by atoms with van der Waals surface area (Å²) in [6.07, 6.45) is 6.08. The van der Waals surface area contributed by atoms with E-state index in [1.54, 1.807) is 0 Å². The van der Waals surface area contributed by atoms with Crippen LogP contribution in [0.15, 0.2) is 18.2 Å². The van der Waals surface area contributed by atoms with Crippen molar-refractivity contribution in [3.63, 3.8) is 0 Å². The van der Waals surface area contributed by atoms with Gasteiger partial charge in [0.15, 0.2) is 0 Å². The van der Waals surface area contributed by atoms with E-state index in [4.69, 9.17) is 0 Å². The largest absolute Gasteiger partial charge is 0.325 e. The summed E-state index contributed by atoms with van der Waals surface area (Å²) in [5.41, 5.74) is 4.26. The van der Waals surface area contributed by atoms with Crippen LogP contribution >= 0.6 is 0 Å².